The van der Waals surface area contributed by atoms with Gasteiger partial charge in [-0.1, -0.05) is 12.1 Å². The van der Waals surface area contributed by atoms with Gasteiger partial charge in [0.25, 0.3) is 0 Å². The summed E-state index contributed by atoms with van der Waals surface area (Å²) in [4.78, 5) is 24.2. The Hall–Kier alpha value is -2.74. The van der Waals surface area contributed by atoms with Gasteiger partial charge in [0.1, 0.15) is 5.82 Å². The molecule has 27 heavy (non-hydrogen) atoms. The van der Waals surface area contributed by atoms with Crippen LogP contribution in [0.4, 0.5) is 10.1 Å². The molecule has 2 aromatic carbocycles. The van der Waals surface area contributed by atoms with Gasteiger partial charge in [-0.3, -0.25) is 9.10 Å². The average Bonchev–Trinajstić information content (AvgIpc) is 2.94. The maximum Gasteiger partial charge on any atom is 0.341 e. The van der Waals surface area contributed by atoms with Crippen LogP contribution < -0.4 is 4.31 Å². The molecule has 0 saturated heterocycles. The minimum Gasteiger partial charge on any atom is -0.454 e. The fraction of sp³-hybridized carbons (Fsp3) is 0.263. The molecule has 0 saturated carbocycles. The summed E-state index contributed by atoms with van der Waals surface area (Å²) in [6, 6.07) is 9.79. The minimum atomic E-state index is -3.41. The van der Waals surface area contributed by atoms with E-state index in [-0.39, 0.29) is 11.6 Å². The second-order valence-corrected chi connectivity index (χ2v) is 8.29. The van der Waals surface area contributed by atoms with Gasteiger partial charge in [0, 0.05) is 11.6 Å². The third kappa shape index (κ3) is 3.85. The van der Waals surface area contributed by atoms with E-state index >= 15 is 0 Å². The number of halogens is 1. The summed E-state index contributed by atoms with van der Waals surface area (Å²) in [6.45, 7) is 1.26. The lowest BCUT2D eigenvalue weighted by Crippen LogP contribution is -2.34. The molecule has 0 unspecified atom stereocenters. The van der Waals surface area contributed by atoms with Gasteiger partial charge in [-0.15, -0.1) is 0 Å². The smallest absolute Gasteiger partial charge is 0.341 e. The lowest BCUT2D eigenvalue weighted by atomic mass is 10.0. The van der Waals surface area contributed by atoms with Crippen molar-refractivity contribution in [1.29, 1.82) is 0 Å². The molecule has 0 bridgehead atoms. The van der Waals surface area contributed by atoms with Crippen molar-refractivity contribution < 1.29 is 27.1 Å². The Morgan fingerprint density at radius 1 is 1.22 bits per heavy atom. The number of fused-ring (bicyclic) bond motifs is 1. The molecule has 2 aromatic rings. The number of hydrogen-bond donors (Lipinski definition) is 0. The Morgan fingerprint density at radius 2 is 1.93 bits per heavy atom. The van der Waals surface area contributed by atoms with Crippen LogP contribution in [0, 0.1) is 5.82 Å². The molecule has 0 aliphatic carbocycles. The monoisotopic (exact) mass is 391 g/mol. The Bertz CT molecular complexity index is 1020. The summed E-state index contributed by atoms with van der Waals surface area (Å²) < 4.78 is 43.7. The lowest BCUT2D eigenvalue weighted by molar-refractivity contribution is 0.0470. The number of ketones is 1. The maximum atomic E-state index is 13.6. The summed E-state index contributed by atoms with van der Waals surface area (Å²) in [5.41, 5.74) is 1.35. The van der Waals surface area contributed by atoms with E-state index in [0.717, 1.165) is 17.9 Å². The topological polar surface area (TPSA) is 80.8 Å². The Kier molecular flexibility index (Phi) is 5.01. The van der Waals surface area contributed by atoms with Crippen molar-refractivity contribution in [2.45, 2.75) is 19.4 Å². The highest BCUT2D eigenvalue weighted by Crippen LogP contribution is 2.34. The van der Waals surface area contributed by atoms with Crippen LogP contribution in [0.3, 0.4) is 0 Å². The highest BCUT2D eigenvalue weighted by Gasteiger charge is 2.32. The van der Waals surface area contributed by atoms with Crippen LogP contribution in [0.1, 0.15) is 33.2 Å². The van der Waals surface area contributed by atoms with Crippen molar-refractivity contribution >= 4 is 27.5 Å². The fourth-order valence-electron chi connectivity index (χ4n) is 3.20. The number of carbonyl (C=O) groups is 2. The number of ether oxygens (including phenoxy) is 1. The first-order chi connectivity index (χ1) is 12.7. The molecule has 6 nitrogen and oxygen atoms in total. The highest BCUT2D eigenvalue weighted by atomic mass is 32.2. The van der Waals surface area contributed by atoms with Crippen LogP contribution in [-0.2, 0) is 21.2 Å². The normalized spacial score (nSPS) is 16.1. The van der Waals surface area contributed by atoms with Gasteiger partial charge < -0.3 is 4.74 Å². The highest BCUT2D eigenvalue weighted by molar-refractivity contribution is 7.92. The Labute approximate surface area is 156 Å². The largest absolute Gasteiger partial charge is 0.454 e. The van der Waals surface area contributed by atoms with Gasteiger partial charge in [0.2, 0.25) is 10.0 Å². The van der Waals surface area contributed by atoms with E-state index in [1.165, 1.54) is 28.6 Å². The molecule has 0 amide bonds. The molecule has 0 aromatic heterocycles. The number of carbonyl (C=O) groups excluding carboxylic acids is 2. The molecule has 0 radical (unpaired) electrons. The molecule has 0 spiro atoms. The first-order valence-corrected chi connectivity index (χ1v) is 10.1. The van der Waals surface area contributed by atoms with Crippen LogP contribution >= 0.6 is 0 Å². The van der Waals surface area contributed by atoms with Crippen molar-refractivity contribution in [2.24, 2.45) is 0 Å². The van der Waals surface area contributed by atoms with E-state index in [1.54, 1.807) is 19.1 Å². The molecule has 0 N–H and O–H groups in total. The zero-order valence-corrected chi connectivity index (χ0v) is 15.6. The molecular formula is C19H18FNO5S. The molecule has 1 aliphatic rings. The molecule has 1 aliphatic heterocycles. The van der Waals surface area contributed by atoms with Crippen LogP contribution in [0.25, 0.3) is 0 Å². The number of hydrogen-bond acceptors (Lipinski definition) is 5. The first-order valence-electron chi connectivity index (χ1n) is 8.25. The third-order valence-corrected chi connectivity index (χ3v) is 5.61. The Balaban J connectivity index is 1.73. The predicted molar refractivity (Wildman–Crippen MR) is 97.9 cm³/mol. The minimum absolute atomic E-state index is 0.237. The molecule has 1 heterocycles. The predicted octanol–water partition coefficient (Wildman–Crippen LogP) is 2.58. The van der Waals surface area contributed by atoms with Gasteiger partial charge in [-0.05, 0) is 49.2 Å². The number of anilines is 1. The quantitative estimate of drug-likeness (QED) is 0.578. The van der Waals surface area contributed by atoms with Gasteiger partial charge in [-0.2, -0.15) is 0 Å². The van der Waals surface area contributed by atoms with Crippen molar-refractivity contribution in [1.82, 2.24) is 0 Å². The number of sulfonamides is 1. The van der Waals surface area contributed by atoms with E-state index in [4.69, 9.17) is 4.74 Å². The zero-order chi connectivity index (χ0) is 19.8. The van der Waals surface area contributed by atoms with Gasteiger partial charge >= 0.3 is 5.97 Å². The van der Waals surface area contributed by atoms with Gasteiger partial charge in [-0.25, -0.2) is 17.6 Å². The van der Waals surface area contributed by atoms with E-state index in [0.29, 0.717) is 17.7 Å². The molecule has 0 fully saturated rings. The van der Waals surface area contributed by atoms with Crippen molar-refractivity contribution in [3.63, 3.8) is 0 Å². The van der Waals surface area contributed by atoms with Crippen LogP contribution in [0.2, 0.25) is 0 Å². The van der Waals surface area contributed by atoms with Crippen molar-refractivity contribution in [3.8, 4) is 0 Å². The molecular weight excluding hydrogens is 373 g/mol. The lowest BCUT2D eigenvalue weighted by Gasteiger charge is -2.21. The fourth-order valence-corrected chi connectivity index (χ4v) is 4.46. The van der Waals surface area contributed by atoms with E-state index in [9.17, 15) is 22.4 Å². The summed E-state index contributed by atoms with van der Waals surface area (Å²) in [7, 11) is -3.41. The second-order valence-electron chi connectivity index (χ2n) is 6.43. The number of esters is 1. The zero-order valence-electron chi connectivity index (χ0n) is 14.8. The van der Waals surface area contributed by atoms with Crippen molar-refractivity contribution in [3.05, 3.63) is 65.0 Å². The number of benzene rings is 2. The molecule has 1 atom stereocenters. The number of nitrogens with zero attached hydrogens (tertiary/aromatic N) is 1. The average molecular weight is 391 g/mol. The van der Waals surface area contributed by atoms with E-state index < -0.39 is 34.2 Å². The number of rotatable bonds is 5. The SMILES string of the molecule is C[C@H]1Cc2cc(C(=O)COC(=O)c3ccccc3F)ccc2N1S(C)(=O)=O. The van der Waals surface area contributed by atoms with E-state index in [2.05, 4.69) is 0 Å². The van der Waals surface area contributed by atoms with Gasteiger partial charge in [0.15, 0.2) is 12.4 Å². The molecule has 8 heteroatoms. The maximum absolute atomic E-state index is 13.6. The first kappa shape index (κ1) is 19.0. The van der Waals surface area contributed by atoms with Crippen LogP contribution in [-0.4, -0.2) is 39.1 Å². The second kappa shape index (κ2) is 7.11. The third-order valence-electron chi connectivity index (χ3n) is 4.34. The summed E-state index contributed by atoms with van der Waals surface area (Å²) in [6.07, 6.45) is 1.62. The van der Waals surface area contributed by atoms with E-state index in [1.807, 2.05) is 0 Å². The van der Waals surface area contributed by atoms with Crippen molar-refractivity contribution in [2.75, 3.05) is 17.2 Å². The standard InChI is InChI=1S/C19H18FNO5S/c1-12-9-14-10-13(7-8-17(14)21(12)27(2,24)25)18(22)11-26-19(23)15-5-3-4-6-16(15)20/h3-8,10,12H,9,11H2,1-2H3/t12-/m0/s1. The summed E-state index contributed by atoms with van der Waals surface area (Å²) >= 11 is 0. The summed E-state index contributed by atoms with van der Waals surface area (Å²) in [5, 5.41) is 0. The Morgan fingerprint density at radius 3 is 2.59 bits per heavy atom. The molecule has 142 valence electrons. The number of Topliss-reactive ketones (excluding diaryl/α,β-unsaturated/α-hetero) is 1. The van der Waals surface area contributed by atoms with Crippen LogP contribution in [0.15, 0.2) is 42.5 Å². The summed E-state index contributed by atoms with van der Waals surface area (Å²) in [5.74, 6) is -2.09. The molecule has 3 rings (SSSR count). The van der Waals surface area contributed by atoms with Crippen LogP contribution in [0.5, 0.6) is 0 Å². The van der Waals surface area contributed by atoms with Gasteiger partial charge in [0.05, 0.1) is 17.5 Å².